The number of likely N-dealkylation sites (N-methyl/N-ethyl adjacent to an activating group) is 1. The van der Waals surface area contributed by atoms with Crippen LogP contribution in [0.25, 0.3) is 0 Å². The van der Waals surface area contributed by atoms with Gasteiger partial charge in [-0.25, -0.2) is 0 Å². The van der Waals surface area contributed by atoms with Crippen molar-refractivity contribution in [2.75, 3.05) is 25.6 Å². The van der Waals surface area contributed by atoms with E-state index < -0.39 is 0 Å². The van der Waals surface area contributed by atoms with Crippen LogP contribution in [0.2, 0.25) is 0 Å². The molecule has 2 unspecified atom stereocenters. The number of benzene rings is 1. The van der Waals surface area contributed by atoms with Crippen molar-refractivity contribution >= 4 is 11.6 Å². The largest absolute Gasteiger partial charge is 0.379 e. The summed E-state index contributed by atoms with van der Waals surface area (Å²) in [6, 6.07) is 8.15. The maximum atomic E-state index is 12.2. The summed E-state index contributed by atoms with van der Waals surface area (Å²) < 4.78 is 5.36. The van der Waals surface area contributed by atoms with Crippen molar-refractivity contribution in [3.8, 4) is 0 Å². The molecule has 1 aromatic rings. The van der Waals surface area contributed by atoms with Gasteiger partial charge in [0.15, 0.2) is 0 Å². The minimum Gasteiger partial charge on any atom is -0.379 e. The molecular formula is C16H24N2O2. The van der Waals surface area contributed by atoms with Crippen LogP contribution in [0.3, 0.4) is 0 Å². The fourth-order valence-corrected chi connectivity index (χ4v) is 2.39. The average molecular weight is 276 g/mol. The molecule has 1 aliphatic rings. The average Bonchev–Trinajstić information content (AvgIpc) is 2.86. The Labute approximate surface area is 120 Å². The first-order valence-corrected chi connectivity index (χ1v) is 7.08. The van der Waals surface area contributed by atoms with Gasteiger partial charge in [0, 0.05) is 11.7 Å². The number of rotatable bonds is 3. The van der Waals surface area contributed by atoms with Gasteiger partial charge >= 0.3 is 0 Å². The highest BCUT2D eigenvalue weighted by Crippen LogP contribution is 2.24. The van der Waals surface area contributed by atoms with E-state index in [-0.39, 0.29) is 23.3 Å². The van der Waals surface area contributed by atoms with Gasteiger partial charge in [0.2, 0.25) is 5.91 Å². The zero-order valence-corrected chi connectivity index (χ0v) is 12.7. The van der Waals surface area contributed by atoms with Crippen LogP contribution in [0.5, 0.6) is 0 Å². The number of nitrogens with one attached hydrogen (secondary N) is 2. The van der Waals surface area contributed by atoms with E-state index in [9.17, 15) is 4.79 Å². The van der Waals surface area contributed by atoms with Crippen molar-refractivity contribution in [1.82, 2.24) is 5.32 Å². The summed E-state index contributed by atoms with van der Waals surface area (Å²) in [4.78, 5) is 12.2. The Bertz CT molecular complexity index is 462. The van der Waals surface area contributed by atoms with Crippen LogP contribution in [-0.2, 0) is 14.9 Å². The lowest BCUT2D eigenvalue weighted by atomic mass is 9.87. The molecule has 0 spiro atoms. The Kier molecular flexibility index (Phi) is 4.45. The van der Waals surface area contributed by atoms with Crippen LogP contribution in [0.4, 0.5) is 5.69 Å². The summed E-state index contributed by atoms with van der Waals surface area (Å²) in [6.07, 6.45) is 0. The predicted molar refractivity (Wildman–Crippen MR) is 80.9 cm³/mol. The monoisotopic (exact) mass is 276 g/mol. The Hall–Kier alpha value is -1.39. The summed E-state index contributed by atoms with van der Waals surface area (Å²) in [5.41, 5.74) is 2.22. The zero-order valence-electron chi connectivity index (χ0n) is 12.7. The quantitative estimate of drug-likeness (QED) is 0.889. The lowest BCUT2D eigenvalue weighted by Gasteiger charge is -2.20. The molecule has 1 amide bonds. The van der Waals surface area contributed by atoms with Gasteiger partial charge < -0.3 is 15.4 Å². The summed E-state index contributed by atoms with van der Waals surface area (Å²) >= 11 is 0. The van der Waals surface area contributed by atoms with Crippen molar-refractivity contribution in [2.45, 2.75) is 32.2 Å². The molecule has 0 bridgehead atoms. The van der Waals surface area contributed by atoms with Gasteiger partial charge in [-0.2, -0.15) is 0 Å². The van der Waals surface area contributed by atoms with Crippen molar-refractivity contribution in [3.05, 3.63) is 29.8 Å². The van der Waals surface area contributed by atoms with Gasteiger partial charge in [-0.1, -0.05) is 32.9 Å². The van der Waals surface area contributed by atoms with Gasteiger partial charge in [0.05, 0.1) is 19.1 Å². The van der Waals surface area contributed by atoms with Crippen molar-refractivity contribution < 1.29 is 9.53 Å². The fraction of sp³-hybridized carbons (Fsp3) is 0.562. The van der Waals surface area contributed by atoms with E-state index in [0.717, 1.165) is 5.69 Å². The van der Waals surface area contributed by atoms with E-state index in [2.05, 4.69) is 43.5 Å². The first-order chi connectivity index (χ1) is 9.41. The molecule has 110 valence electrons. The zero-order chi connectivity index (χ0) is 14.8. The van der Waals surface area contributed by atoms with Gasteiger partial charge in [0.25, 0.3) is 0 Å². The third-order valence-electron chi connectivity index (χ3n) is 3.81. The molecule has 20 heavy (non-hydrogen) atoms. The molecule has 2 atom stereocenters. The first-order valence-electron chi connectivity index (χ1n) is 7.08. The van der Waals surface area contributed by atoms with Crippen LogP contribution in [0.1, 0.15) is 26.3 Å². The SMILES string of the molecule is CNC1COCC1C(=O)Nc1ccc(C(C)(C)C)cc1. The van der Waals surface area contributed by atoms with Gasteiger partial charge in [-0.05, 0) is 30.2 Å². The molecule has 0 radical (unpaired) electrons. The summed E-state index contributed by atoms with van der Waals surface area (Å²) in [6.45, 7) is 7.60. The lowest BCUT2D eigenvalue weighted by molar-refractivity contribution is -0.120. The maximum absolute atomic E-state index is 12.2. The molecule has 0 aliphatic carbocycles. The Morgan fingerprint density at radius 3 is 2.40 bits per heavy atom. The third-order valence-corrected chi connectivity index (χ3v) is 3.81. The minimum absolute atomic E-state index is 0.0189. The lowest BCUT2D eigenvalue weighted by Crippen LogP contribution is -2.39. The molecule has 4 heteroatoms. The van der Waals surface area contributed by atoms with Crippen LogP contribution >= 0.6 is 0 Å². The summed E-state index contributed by atoms with van der Waals surface area (Å²) in [7, 11) is 1.86. The van der Waals surface area contributed by atoms with Gasteiger partial charge in [0.1, 0.15) is 0 Å². The minimum atomic E-state index is -0.123. The highest BCUT2D eigenvalue weighted by Gasteiger charge is 2.32. The van der Waals surface area contributed by atoms with E-state index in [0.29, 0.717) is 13.2 Å². The number of carbonyl (C=O) groups excluding carboxylic acids is 1. The summed E-state index contributed by atoms with van der Waals surface area (Å²) in [5, 5.41) is 6.09. The Morgan fingerprint density at radius 1 is 1.20 bits per heavy atom. The topological polar surface area (TPSA) is 50.4 Å². The molecule has 1 heterocycles. The highest BCUT2D eigenvalue weighted by molar-refractivity contribution is 5.93. The number of ether oxygens (including phenoxy) is 1. The normalized spacial score (nSPS) is 22.8. The van der Waals surface area contributed by atoms with Gasteiger partial charge in [-0.3, -0.25) is 4.79 Å². The van der Waals surface area contributed by atoms with Crippen LogP contribution in [-0.4, -0.2) is 32.2 Å². The Morgan fingerprint density at radius 2 is 1.85 bits per heavy atom. The van der Waals surface area contributed by atoms with E-state index in [4.69, 9.17) is 4.74 Å². The van der Waals surface area contributed by atoms with E-state index >= 15 is 0 Å². The smallest absolute Gasteiger partial charge is 0.231 e. The molecule has 1 fully saturated rings. The number of amides is 1. The molecule has 0 aromatic heterocycles. The Balaban J connectivity index is 2.01. The highest BCUT2D eigenvalue weighted by atomic mass is 16.5. The van der Waals surface area contributed by atoms with Crippen molar-refractivity contribution in [1.29, 1.82) is 0 Å². The van der Waals surface area contributed by atoms with Crippen LogP contribution in [0, 0.1) is 5.92 Å². The second kappa shape index (κ2) is 5.94. The van der Waals surface area contributed by atoms with E-state index in [1.54, 1.807) is 0 Å². The first kappa shape index (κ1) is 15.0. The van der Waals surface area contributed by atoms with Crippen molar-refractivity contribution in [2.24, 2.45) is 5.92 Å². The molecular weight excluding hydrogens is 252 g/mol. The van der Waals surface area contributed by atoms with Crippen molar-refractivity contribution in [3.63, 3.8) is 0 Å². The molecule has 4 nitrogen and oxygen atoms in total. The number of hydrogen-bond donors (Lipinski definition) is 2. The number of hydrogen-bond acceptors (Lipinski definition) is 3. The second-order valence-corrected chi connectivity index (χ2v) is 6.36. The van der Waals surface area contributed by atoms with Crippen LogP contribution in [0.15, 0.2) is 24.3 Å². The molecule has 1 saturated heterocycles. The van der Waals surface area contributed by atoms with E-state index in [1.165, 1.54) is 5.56 Å². The molecule has 0 saturated carbocycles. The second-order valence-electron chi connectivity index (χ2n) is 6.36. The fourth-order valence-electron chi connectivity index (χ4n) is 2.39. The predicted octanol–water partition coefficient (Wildman–Crippen LogP) is 2.16. The molecule has 1 aromatic carbocycles. The number of carbonyl (C=O) groups is 1. The molecule has 2 rings (SSSR count). The number of anilines is 1. The molecule has 2 N–H and O–H groups in total. The van der Waals surface area contributed by atoms with Crippen LogP contribution < -0.4 is 10.6 Å². The summed E-state index contributed by atoms with van der Waals surface area (Å²) in [5.74, 6) is -0.104. The third kappa shape index (κ3) is 3.38. The molecule has 1 aliphatic heterocycles. The van der Waals surface area contributed by atoms with E-state index in [1.807, 2.05) is 19.2 Å². The maximum Gasteiger partial charge on any atom is 0.231 e. The van der Waals surface area contributed by atoms with Gasteiger partial charge in [-0.15, -0.1) is 0 Å². The standard InChI is InChI=1S/C16H24N2O2/c1-16(2,3)11-5-7-12(8-6-11)18-15(19)13-9-20-10-14(13)17-4/h5-8,13-14,17H,9-10H2,1-4H3,(H,18,19).